The molecule has 0 spiro atoms. The molecule has 0 bridgehead atoms. The van der Waals surface area contributed by atoms with Gasteiger partial charge in [-0.3, -0.25) is 14.6 Å². The van der Waals surface area contributed by atoms with Crippen LogP contribution in [0.4, 0.5) is 5.69 Å². The zero-order chi connectivity index (χ0) is 21.5. The average Bonchev–Trinajstić information content (AvgIpc) is 3.13. The van der Waals surface area contributed by atoms with Crippen LogP contribution >= 0.6 is 11.6 Å². The Bertz CT molecular complexity index is 1030. The molecule has 2 aromatic heterocycles. The number of hydrogen-bond acceptors (Lipinski definition) is 5. The van der Waals surface area contributed by atoms with E-state index in [-0.39, 0.29) is 11.9 Å². The van der Waals surface area contributed by atoms with Crippen LogP contribution < -0.4 is 16.0 Å². The monoisotopic (exact) mass is 428 g/mol. The number of imidazole rings is 1. The van der Waals surface area contributed by atoms with Crippen molar-refractivity contribution in [3.63, 3.8) is 0 Å². The number of fused-ring (bicyclic) bond motifs is 1. The Morgan fingerprint density at radius 3 is 2.63 bits per heavy atom. The number of benzene rings is 1. The van der Waals surface area contributed by atoms with Crippen LogP contribution in [-0.2, 0) is 17.7 Å². The smallest absolute Gasteiger partial charge is 0.281 e. The number of carbonyl (C=O) groups excluding carboxylic acids is 1. The SMILES string of the molecule is CCc1nc2ccc(Cl)cn2c1C(=O)NCc1ccc(NCCNC(=N)OC)cc1. The number of aryl methyl sites for hydroxylation is 1. The van der Waals surface area contributed by atoms with Crippen molar-refractivity contribution in [1.82, 2.24) is 20.0 Å². The number of ether oxygens (including phenoxy) is 1. The number of amidine groups is 1. The Hall–Kier alpha value is -3.26. The van der Waals surface area contributed by atoms with Crippen LogP contribution in [-0.4, -0.2) is 41.5 Å². The van der Waals surface area contributed by atoms with E-state index in [1.807, 2.05) is 31.2 Å². The summed E-state index contributed by atoms with van der Waals surface area (Å²) in [6.07, 6.45) is 2.36. The van der Waals surface area contributed by atoms with Gasteiger partial charge >= 0.3 is 0 Å². The normalized spacial score (nSPS) is 10.6. The van der Waals surface area contributed by atoms with Crippen molar-refractivity contribution in [3.05, 3.63) is 64.6 Å². The van der Waals surface area contributed by atoms with Crippen LogP contribution in [0.3, 0.4) is 0 Å². The number of nitrogens with zero attached hydrogens (tertiary/aromatic N) is 2. The molecule has 0 saturated carbocycles. The van der Waals surface area contributed by atoms with E-state index in [2.05, 4.69) is 20.9 Å². The van der Waals surface area contributed by atoms with Gasteiger partial charge in [-0.05, 0) is 36.2 Å². The van der Waals surface area contributed by atoms with Gasteiger partial charge < -0.3 is 20.7 Å². The van der Waals surface area contributed by atoms with E-state index in [9.17, 15) is 4.79 Å². The summed E-state index contributed by atoms with van der Waals surface area (Å²) in [6, 6.07) is 11.4. The molecule has 0 atom stereocenters. The molecule has 0 saturated heterocycles. The molecule has 1 amide bonds. The molecule has 0 aliphatic carbocycles. The molecule has 158 valence electrons. The molecular weight excluding hydrogens is 404 g/mol. The molecule has 1 aromatic carbocycles. The highest BCUT2D eigenvalue weighted by Crippen LogP contribution is 2.17. The van der Waals surface area contributed by atoms with Crippen LogP contribution in [0, 0.1) is 5.41 Å². The van der Waals surface area contributed by atoms with Crippen LogP contribution in [0.15, 0.2) is 42.6 Å². The minimum Gasteiger partial charge on any atom is -0.469 e. The number of carbonyl (C=O) groups is 1. The van der Waals surface area contributed by atoms with Gasteiger partial charge in [-0.1, -0.05) is 30.7 Å². The number of anilines is 1. The number of aromatic nitrogens is 2. The predicted octanol–water partition coefficient (Wildman–Crippen LogP) is 3.06. The molecular formula is C21H25ClN6O2. The third-order valence-corrected chi connectivity index (χ3v) is 4.78. The molecule has 30 heavy (non-hydrogen) atoms. The summed E-state index contributed by atoms with van der Waals surface area (Å²) in [6.45, 7) is 3.61. The third kappa shape index (κ3) is 5.21. The van der Waals surface area contributed by atoms with Crippen molar-refractivity contribution < 1.29 is 9.53 Å². The van der Waals surface area contributed by atoms with Crippen molar-refractivity contribution >= 4 is 34.9 Å². The number of rotatable bonds is 8. The van der Waals surface area contributed by atoms with Crippen LogP contribution in [0.25, 0.3) is 5.65 Å². The van der Waals surface area contributed by atoms with Gasteiger partial charge in [0.15, 0.2) is 0 Å². The van der Waals surface area contributed by atoms with Gasteiger partial charge in [-0.2, -0.15) is 0 Å². The van der Waals surface area contributed by atoms with Crippen molar-refractivity contribution in [3.8, 4) is 0 Å². The maximum Gasteiger partial charge on any atom is 0.281 e. The largest absolute Gasteiger partial charge is 0.469 e. The van der Waals surface area contributed by atoms with E-state index >= 15 is 0 Å². The molecule has 0 aliphatic rings. The summed E-state index contributed by atoms with van der Waals surface area (Å²) in [7, 11) is 1.45. The van der Waals surface area contributed by atoms with Crippen LogP contribution in [0.5, 0.6) is 0 Å². The Morgan fingerprint density at radius 1 is 1.17 bits per heavy atom. The standard InChI is InChI=1S/C21H25ClN6O2/c1-3-17-19(28-13-15(22)6-9-18(28)27-17)20(29)26-12-14-4-7-16(8-5-14)24-10-11-25-21(23)30-2/h4-9,13,24H,3,10-12H2,1-2H3,(H2,23,25)(H,26,29). The molecule has 2 heterocycles. The van der Waals surface area contributed by atoms with Crippen molar-refractivity contribution in [1.29, 1.82) is 5.41 Å². The first kappa shape index (κ1) is 21.4. The molecule has 0 aliphatic heterocycles. The maximum atomic E-state index is 12.8. The molecule has 0 fully saturated rings. The lowest BCUT2D eigenvalue weighted by molar-refractivity contribution is 0.0944. The highest BCUT2D eigenvalue weighted by Gasteiger charge is 2.18. The zero-order valence-corrected chi connectivity index (χ0v) is 17.7. The molecule has 4 N–H and O–H groups in total. The summed E-state index contributed by atoms with van der Waals surface area (Å²) in [5, 5.41) is 16.9. The Balaban J connectivity index is 1.58. The zero-order valence-electron chi connectivity index (χ0n) is 17.0. The van der Waals surface area contributed by atoms with Crippen molar-refractivity contribution in [2.75, 3.05) is 25.5 Å². The Morgan fingerprint density at radius 2 is 1.93 bits per heavy atom. The molecule has 0 radical (unpaired) electrons. The Labute approximate surface area is 180 Å². The lowest BCUT2D eigenvalue weighted by atomic mass is 10.2. The summed E-state index contributed by atoms with van der Waals surface area (Å²) in [5.41, 5.74) is 3.90. The lowest BCUT2D eigenvalue weighted by Gasteiger charge is -2.10. The second-order valence-electron chi connectivity index (χ2n) is 6.60. The van der Waals surface area contributed by atoms with E-state index in [1.165, 1.54) is 7.11 Å². The van der Waals surface area contributed by atoms with E-state index in [0.717, 1.165) is 16.9 Å². The Kier molecular flexibility index (Phi) is 7.13. The minimum atomic E-state index is -0.185. The number of nitrogens with one attached hydrogen (secondary N) is 4. The van der Waals surface area contributed by atoms with Gasteiger partial charge in [0.05, 0.1) is 17.8 Å². The van der Waals surface area contributed by atoms with Crippen LogP contribution in [0.1, 0.15) is 28.7 Å². The molecule has 0 unspecified atom stereocenters. The summed E-state index contributed by atoms with van der Waals surface area (Å²) in [4.78, 5) is 17.4. The van der Waals surface area contributed by atoms with Gasteiger partial charge in [-0.25, -0.2) is 4.98 Å². The first-order chi connectivity index (χ1) is 14.5. The number of amides is 1. The van der Waals surface area contributed by atoms with Gasteiger partial charge in [-0.15, -0.1) is 0 Å². The van der Waals surface area contributed by atoms with Gasteiger partial charge in [0.2, 0.25) is 0 Å². The maximum absolute atomic E-state index is 12.8. The van der Waals surface area contributed by atoms with Crippen LogP contribution in [0.2, 0.25) is 5.02 Å². The van der Waals surface area contributed by atoms with E-state index < -0.39 is 0 Å². The van der Waals surface area contributed by atoms with Gasteiger partial charge in [0, 0.05) is 31.5 Å². The topological polar surface area (TPSA) is 104 Å². The fourth-order valence-corrected chi connectivity index (χ4v) is 3.18. The van der Waals surface area contributed by atoms with Gasteiger partial charge in [0.25, 0.3) is 11.9 Å². The van der Waals surface area contributed by atoms with E-state index in [4.69, 9.17) is 21.7 Å². The minimum absolute atomic E-state index is 0.0438. The third-order valence-electron chi connectivity index (χ3n) is 4.56. The first-order valence-electron chi connectivity index (χ1n) is 9.65. The summed E-state index contributed by atoms with van der Waals surface area (Å²) in [5.74, 6) is -0.185. The first-order valence-corrected chi connectivity index (χ1v) is 10.0. The molecule has 3 rings (SSSR count). The highest BCUT2D eigenvalue weighted by molar-refractivity contribution is 6.30. The number of methoxy groups -OCH3 is 1. The number of pyridine rings is 1. The summed E-state index contributed by atoms with van der Waals surface area (Å²) >= 11 is 6.10. The highest BCUT2D eigenvalue weighted by atomic mass is 35.5. The number of hydrogen-bond donors (Lipinski definition) is 4. The number of halogens is 1. The predicted molar refractivity (Wildman–Crippen MR) is 118 cm³/mol. The fourth-order valence-electron chi connectivity index (χ4n) is 3.02. The van der Waals surface area contributed by atoms with E-state index in [1.54, 1.807) is 22.7 Å². The van der Waals surface area contributed by atoms with Crippen molar-refractivity contribution in [2.24, 2.45) is 0 Å². The van der Waals surface area contributed by atoms with Gasteiger partial charge in [0.1, 0.15) is 11.3 Å². The fraction of sp³-hybridized carbons (Fsp3) is 0.286. The van der Waals surface area contributed by atoms with E-state index in [0.29, 0.717) is 42.4 Å². The molecule has 8 nitrogen and oxygen atoms in total. The molecule has 9 heteroatoms. The molecule has 3 aromatic rings. The summed E-state index contributed by atoms with van der Waals surface area (Å²) < 4.78 is 6.47. The quantitative estimate of drug-likeness (QED) is 0.251. The van der Waals surface area contributed by atoms with Crippen molar-refractivity contribution in [2.45, 2.75) is 19.9 Å². The lowest BCUT2D eigenvalue weighted by Crippen LogP contribution is -2.29. The second kappa shape index (κ2) is 9.98. The second-order valence-corrected chi connectivity index (χ2v) is 7.04. The average molecular weight is 429 g/mol.